The van der Waals surface area contributed by atoms with Gasteiger partial charge in [-0.15, -0.1) is 0 Å². The number of benzene rings is 2. The van der Waals surface area contributed by atoms with Crippen LogP contribution in [0.2, 0.25) is 0 Å². The molecule has 1 fully saturated rings. The van der Waals surface area contributed by atoms with Crippen molar-refractivity contribution in [3.05, 3.63) is 54.6 Å². The number of nitrogens with one attached hydrogen (secondary N) is 1. The van der Waals surface area contributed by atoms with Gasteiger partial charge in [0.15, 0.2) is 0 Å². The Balaban J connectivity index is 1.63. The normalized spacial score (nSPS) is 15.0. The number of hydrogen-bond donors (Lipinski definition) is 1. The van der Waals surface area contributed by atoms with E-state index in [0.717, 1.165) is 37.6 Å². The number of para-hydroxylation sites is 1. The highest BCUT2D eigenvalue weighted by molar-refractivity contribution is 6.01. The molecule has 25 heavy (non-hydrogen) atoms. The summed E-state index contributed by atoms with van der Waals surface area (Å²) < 4.78 is 0. The molecule has 5 heteroatoms. The first-order valence-electron chi connectivity index (χ1n) is 8.84. The van der Waals surface area contributed by atoms with Gasteiger partial charge in [0.2, 0.25) is 0 Å². The average Bonchev–Trinajstić information content (AvgIpc) is 2.65. The highest BCUT2D eigenvalue weighted by Crippen LogP contribution is 2.20. The minimum atomic E-state index is -0.110. The monoisotopic (exact) mass is 338 g/mol. The van der Waals surface area contributed by atoms with Gasteiger partial charge >= 0.3 is 6.03 Å². The van der Waals surface area contributed by atoms with Crippen LogP contribution in [0, 0.1) is 0 Å². The zero-order valence-corrected chi connectivity index (χ0v) is 15.0. The van der Waals surface area contributed by atoms with Crippen molar-refractivity contribution in [3.8, 4) is 0 Å². The van der Waals surface area contributed by atoms with E-state index in [0.29, 0.717) is 6.54 Å². The number of carbonyl (C=O) groups is 1. The van der Waals surface area contributed by atoms with Gasteiger partial charge in [-0.1, -0.05) is 18.2 Å². The lowest BCUT2D eigenvalue weighted by Gasteiger charge is -2.34. The summed E-state index contributed by atoms with van der Waals surface area (Å²) >= 11 is 0. The van der Waals surface area contributed by atoms with Crippen molar-refractivity contribution >= 4 is 23.1 Å². The maximum atomic E-state index is 12.6. The largest absolute Gasteiger partial charge is 0.369 e. The predicted octanol–water partition coefficient (Wildman–Crippen LogP) is 3.50. The van der Waals surface area contributed by atoms with Crippen molar-refractivity contribution in [2.24, 2.45) is 0 Å². The Kier molecular flexibility index (Phi) is 5.56. The molecule has 0 radical (unpaired) electrons. The summed E-state index contributed by atoms with van der Waals surface area (Å²) in [4.78, 5) is 19.0. The van der Waals surface area contributed by atoms with Crippen LogP contribution in [0.5, 0.6) is 0 Å². The molecule has 0 atom stereocenters. The number of urea groups is 1. The molecule has 132 valence electrons. The van der Waals surface area contributed by atoms with E-state index in [4.69, 9.17) is 0 Å². The van der Waals surface area contributed by atoms with E-state index in [1.165, 1.54) is 5.69 Å². The lowest BCUT2D eigenvalue weighted by Crippen LogP contribution is -2.44. The summed E-state index contributed by atoms with van der Waals surface area (Å²) in [5.74, 6) is 0. The van der Waals surface area contributed by atoms with Crippen LogP contribution in [0.3, 0.4) is 0 Å². The third-order valence-corrected chi connectivity index (χ3v) is 4.62. The van der Waals surface area contributed by atoms with Crippen molar-refractivity contribution in [1.82, 2.24) is 4.90 Å². The third kappa shape index (κ3) is 4.31. The van der Waals surface area contributed by atoms with Crippen LogP contribution in [-0.2, 0) is 0 Å². The minimum Gasteiger partial charge on any atom is -0.369 e. The van der Waals surface area contributed by atoms with Gasteiger partial charge in [-0.2, -0.15) is 0 Å². The molecule has 0 saturated carbocycles. The van der Waals surface area contributed by atoms with Crippen LogP contribution in [0.4, 0.5) is 21.9 Å². The third-order valence-electron chi connectivity index (χ3n) is 4.62. The van der Waals surface area contributed by atoms with Crippen LogP contribution < -0.4 is 15.1 Å². The fraction of sp³-hybridized carbons (Fsp3) is 0.350. The first-order chi connectivity index (χ1) is 12.2. The van der Waals surface area contributed by atoms with Crippen LogP contribution >= 0.6 is 0 Å². The molecule has 0 aromatic heterocycles. The highest BCUT2D eigenvalue weighted by Gasteiger charge is 2.16. The van der Waals surface area contributed by atoms with Gasteiger partial charge in [0.25, 0.3) is 0 Å². The molecule has 1 heterocycles. The molecule has 1 saturated heterocycles. The first kappa shape index (κ1) is 17.3. The van der Waals surface area contributed by atoms with Crippen molar-refractivity contribution in [2.75, 3.05) is 54.9 Å². The van der Waals surface area contributed by atoms with E-state index in [1.54, 1.807) is 4.90 Å². The number of piperazine rings is 1. The van der Waals surface area contributed by atoms with Gasteiger partial charge in [-0.25, -0.2) is 4.79 Å². The summed E-state index contributed by atoms with van der Waals surface area (Å²) in [5.41, 5.74) is 2.93. The molecule has 2 aromatic rings. The zero-order valence-electron chi connectivity index (χ0n) is 15.0. The molecule has 0 bridgehead atoms. The summed E-state index contributed by atoms with van der Waals surface area (Å²) in [6, 6.07) is 17.7. The Morgan fingerprint density at radius 1 is 1.00 bits per heavy atom. The molecule has 1 aliphatic rings. The van der Waals surface area contributed by atoms with Gasteiger partial charge < -0.3 is 15.1 Å². The lowest BCUT2D eigenvalue weighted by molar-refractivity contribution is 0.257. The van der Waals surface area contributed by atoms with Gasteiger partial charge in [0.05, 0.1) is 0 Å². The van der Waals surface area contributed by atoms with Crippen LogP contribution in [0.25, 0.3) is 0 Å². The van der Waals surface area contributed by atoms with Crippen molar-refractivity contribution in [3.63, 3.8) is 0 Å². The number of nitrogens with zero attached hydrogens (tertiary/aromatic N) is 3. The number of likely N-dealkylation sites (N-methyl/N-ethyl adjacent to an activating group) is 1. The van der Waals surface area contributed by atoms with Crippen LogP contribution in [0.1, 0.15) is 6.92 Å². The van der Waals surface area contributed by atoms with Gasteiger partial charge in [0.1, 0.15) is 0 Å². The Bertz CT molecular complexity index is 679. The average molecular weight is 338 g/mol. The summed E-state index contributed by atoms with van der Waals surface area (Å²) in [6.07, 6.45) is 0. The number of amides is 2. The van der Waals surface area contributed by atoms with Crippen LogP contribution in [-0.4, -0.2) is 50.7 Å². The topological polar surface area (TPSA) is 38.8 Å². The standard InChI is InChI=1S/C20H26N4O/c1-3-24(19-7-5-4-6-8-19)20(25)21-17-9-11-18(12-10-17)23-15-13-22(2)14-16-23/h4-12H,3,13-16H2,1-2H3,(H,21,25). The van der Waals surface area contributed by atoms with Crippen molar-refractivity contribution in [2.45, 2.75) is 6.92 Å². The second kappa shape index (κ2) is 8.03. The molecule has 1 N–H and O–H groups in total. The zero-order chi connectivity index (χ0) is 17.6. The number of rotatable bonds is 4. The summed E-state index contributed by atoms with van der Waals surface area (Å²) in [6.45, 7) is 6.85. The molecular formula is C20H26N4O. The molecule has 1 aliphatic heterocycles. The van der Waals surface area contributed by atoms with Gasteiger partial charge in [-0.05, 0) is 50.4 Å². The van der Waals surface area contributed by atoms with E-state index in [9.17, 15) is 4.79 Å². The fourth-order valence-corrected chi connectivity index (χ4v) is 3.06. The number of carbonyl (C=O) groups excluding carboxylic acids is 1. The van der Waals surface area contributed by atoms with Gasteiger partial charge in [0, 0.05) is 49.8 Å². The SMILES string of the molecule is CCN(C(=O)Nc1ccc(N2CCN(C)CC2)cc1)c1ccccc1. The molecule has 2 aromatic carbocycles. The number of anilines is 3. The van der Waals surface area contributed by atoms with Gasteiger partial charge in [-0.3, -0.25) is 4.90 Å². The quantitative estimate of drug-likeness (QED) is 0.927. The Morgan fingerprint density at radius 3 is 2.24 bits per heavy atom. The molecule has 0 aliphatic carbocycles. The molecule has 5 nitrogen and oxygen atoms in total. The second-order valence-electron chi connectivity index (χ2n) is 6.35. The van der Waals surface area contributed by atoms with E-state index in [1.807, 2.05) is 49.4 Å². The number of hydrogen-bond acceptors (Lipinski definition) is 3. The minimum absolute atomic E-state index is 0.110. The Morgan fingerprint density at radius 2 is 1.64 bits per heavy atom. The van der Waals surface area contributed by atoms with E-state index in [2.05, 4.69) is 34.3 Å². The van der Waals surface area contributed by atoms with Crippen molar-refractivity contribution in [1.29, 1.82) is 0 Å². The van der Waals surface area contributed by atoms with E-state index in [-0.39, 0.29) is 6.03 Å². The molecular weight excluding hydrogens is 312 g/mol. The molecule has 3 rings (SSSR count). The van der Waals surface area contributed by atoms with Crippen LogP contribution in [0.15, 0.2) is 54.6 Å². The summed E-state index contributed by atoms with van der Waals surface area (Å²) in [7, 11) is 2.15. The Labute approximate surface area is 149 Å². The second-order valence-corrected chi connectivity index (χ2v) is 6.35. The summed E-state index contributed by atoms with van der Waals surface area (Å²) in [5, 5.41) is 2.99. The maximum Gasteiger partial charge on any atom is 0.326 e. The maximum absolute atomic E-state index is 12.6. The molecule has 0 unspecified atom stereocenters. The smallest absolute Gasteiger partial charge is 0.326 e. The predicted molar refractivity (Wildman–Crippen MR) is 105 cm³/mol. The van der Waals surface area contributed by atoms with E-state index < -0.39 is 0 Å². The molecule has 2 amide bonds. The Hall–Kier alpha value is -2.53. The fourth-order valence-electron chi connectivity index (χ4n) is 3.06. The highest BCUT2D eigenvalue weighted by atomic mass is 16.2. The molecule has 0 spiro atoms. The first-order valence-corrected chi connectivity index (χ1v) is 8.84. The van der Waals surface area contributed by atoms with E-state index >= 15 is 0 Å². The van der Waals surface area contributed by atoms with Crippen molar-refractivity contribution < 1.29 is 4.79 Å². The lowest BCUT2D eigenvalue weighted by atomic mass is 10.2.